The molecule has 2 aromatic rings. The van der Waals surface area contributed by atoms with Gasteiger partial charge in [-0.25, -0.2) is 0 Å². The minimum atomic E-state index is 0.370. The molecule has 1 unspecified atom stereocenters. The van der Waals surface area contributed by atoms with Crippen LogP contribution >= 0.6 is 22.7 Å². The standard InChI is InChI=1S/C13H17NS2/c1-3-10(2)14-13(11-6-4-8-15-11)12-7-5-9-16-12/h4-10,13-14H,3H2,1-2H3. The second kappa shape index (κ2) is 5.62. The van der Waals surface area contributed by atoms with Gasteiger partial charge >= 0.3 is 0 Å². The molecule has 0 aromatic carbocycles. The lowest BCUT2D eigenvalue weighted by Gasteiger charge is -2.20. The summed E-state index contributed by atoms with van der Waals surface area (Å²) in [5, 5.41) is 7.99. The molecule has 2 rings (SSSR count). The molecule has 16 heavy (non-hydrogen) atoms. The first-order valence-corrected chi connectivity index (χ1v) is 7.40. The van der Waals surface area contributed by atoms with E-state index in [0.717, 1.165) is 6.42 Å². The highest BCUT2D eigenvalue weighted by Gasteiger charge is 2.17. The number of rotatable bonds is 5. The molecule has 1 N–H and O–H groups in total. The summed E-state index contributed by atoms with van der Waals surface area (Å²) in [6, 6.07) is 9.59. The Kier molecular flexibility index (Phi) is 4.16. The summed E-state index contributed by atoms with van der Waals surface area (Å²) >= 11 is 3.65. The molecule has 0 aliphatic rings. The smallest absolute Gasteiger partial charge is 0.0766 e. The second-order valence-electron chi connectivity index (χ2n) is 3.94. The van der Waals surface area contributed by atoms with Crippen LogP contribution in [-0.4, -0.2) is 6.04 Å². The molecule has 86 valence electrons. The molecule has 3 heteroatoms. The van der Waals surface area contributed by atoms with Crippen LogP contribution in [0.2, 0.25) is 0 Å². The van der Waals surface area contributed by atoms with Crippen molar-refractivity contribution in [3.05, 3.63) is 44.8 Å². The summed E-state index contributed by atoms with van der Waals surface area (Å²) in [5.74, 6) is 0. The Bertz CT molecular complexity index is 357. The van der Waals surface area contributed by atoms with E-state index < -0.39 is 0 Å². The third-order valence-corrected chi connectivity index (χ3v) is 4.59. The molecule has 0 radical (unpaired) electrons. The number of thiophene rings is 2. The second-order valence-corrected chi connectivity index (χ2v) is 5.90. The Morgan fingerprint density at radius 3 is 2.06 bits per heavy atom. The third-order valence-electron chi connectivity index (χ3n) is 2.72. The summed E-state index contributed by atoms with van der Waals surface area (Å²) in [4.78, 5) is 2.81. The van der Waals surface area contributed by atoms with E-state index in [9.17, 15) is 0 Å². The average molecular weight is 251 g/mol. The molecule has 1 atom stereocenters. The molecule has 0 amide bonds. The molecule has 0 saturated carbocycles. The fourth-order valence-electron chi connectivity index (χ4n) is 1.62. The van der Waals surface area contributed by atoms with Crippen LogP contribution in [0.25, 0.3) is 0 Å². The van der Waals surface area contributed by atoms with E-state index in [4.69, 9.17) is 0 Å². The SMILES string of the molecule is CCC(C)NC(c1cccs1)c1cccs1. The fraction of sp³-hybridized carbons (Fsp3) is 0.385. The minimum absolute atomic E-state index is 0.370. The molecule has 2 aromatic heterocycles. The number of hydrogen-bond acceptors (Lipinski definition) is 3. The molecule has 0 fully saturated rings. The summed E-state index contributed by atoms with van der Waals surface area (Å²) < 4.78 is 0. The zero-order chi connectivity index (χ0) is 11.4. The van der Waals surface area contributed by atoms with Crippen LogP contribution in [0.3, 0.4) is 0 Å². The van der Waals surface area contributed by atoms with E-state index in [1.54, 1.807) is 0 Å². The van der Waals surface area contributed by atoms with Crippen LogP contribution in [0.15, 0.2) is 35.0 Å². The van der Waals surface area contributed by atoms with Gasteiger partial charge in [-0.3, -0.25) is 0 Å². The van der Waals surface area contributed by atoms with Gasteiger partial charge in [0, 0.05) is 15.8 Å². The summed E-state index contributed by atoms with van der Waals surface area (Å²) in [6.07, 6.45) is 1.16. The van der Waals surface area contributed by atoms with Crippen molar-refractivity contribution in [1.82, 2.24) is 5.32 Å². The van der Waals surface area contributed by atoms with Crippen molar-refractivity contribution in [1.29, 1.82) is 0 Å². The third kappa shape index (κ3) is 2.73. The van der Waals surface area contributed by atoms with Gasteiger partial charge in [-0.2, -0.15) is 0 Å². The monoisotopic (exact) mass is 251 g/mol. The molecule has 0 aliphatic heterocycles. The molecular weight excluding hydrogens is 234 g/mol. The lowest BCUT2D eigenvalue weighted by atomic mass is 10.1. The number of hydrogen-bond donors (Lipinski definition) is 1. The Morgan fingerprint density at radius 2 is 1.69 bits per heavy atom. The minimum Gasteiger partial charge on any atom is -0.302 e. The van der Waals surface area contributed by atoms with E-state index in [2.05, 4.69) is 54.2 Å². The van der Waals surface area contributed by atoms with Gasteiger partial charge in [-0.15, -0.1) is 22.7 Å². The van der Waals surface area contributed by atoms with Gasteiger partial charge in [0.25, 0.3) is 0 Å². The Balaban J connectivity index is 2.20. The van der Waals surface area contributed by atoms with Crippen molar-refractivity contribution in [2.24, 2.45) is 0 Å². The quantitative estimate of drug-likeness (QED) is 0.836. The lowest BCUT2D eigenvalue weighted by Crippen LogP contribution is -2.29. The fourth-order valence-corrected chi connectivity index (χ4v) is 3.30. The maximum Gasteiger partial charge on any atom is 0.0766 e. The molecule has 0 bridgehead atoms. The highest BCUT2D eigenvalue weighted by molar-refractivity contribution is 7.11. The number of nitrogens with one attached hydrogen (secondary N) is 1. The van der Waals surface area contributed by atoms with Crippen molar-refractivity contribution in [2.75, 3.05) is 0 Å². The largest absolute Gasteiger partial charge is 0.302 e. The maximum atomic E-state index is 3.69. The van der Waals surface area contributed by atoms with Crippen molar-refractivity contribution in [3.63, 3.8) is 0 Å². The predicted molar refractivity (Wildman–Crippen MR) is 73.4 cm³/mol. The van der Waals surface area contributed by atoms with E-state index in [1.807, 2.05) is 22.7 Å². The van der Waals surface area contributed by atoms with Crippen LogP contribution in [0.5, 0.6) is 0 Å². The zero-order valence-electron chi connectivity index (χ0n) is 9.64. The van der Waals surface area contributed by atoms with Gasteiger partial charge in [0.05, 0.1) is 6.04 Å². The molecule has 0 saturated heterocycles. The summed E-state index contributed by atoms with van der Waals surface area (Å²) in [7, 11) is 0. The van der Waals surface area contributed by atoms with Crippen LogP contribution < -0.4 is 5.32 Å². The topological polar surface area (TPSA) is 12.0 Å². The average Bonchev–Trinajstić information content (AvgIpc) is 2.97. The van der Waals surface area contributed by atoms with Gasteiger partial charge in [0.15, 0.2) is 0 Å². The first-order chi connectivity index (χ1) is 7.81. The van der Waals surface area contributed by atoms with Gasteiger partial charge < -0.3 is 5.32 Å². The van der Waals surface area contributed by atoms with Crippen molar-refractivity contribution in [3.8, 4) is 0 Å². The first kappa shape index (κ1) is 11.8. The Labute approximate surface area is 105 Å². The van der Waals surface area contributed by atoms with E-state index in [-0.39, 0.29) is 0 Å². The van der Waals surface area contributed by atoms with E-state index in [0.29, 0.717) is 12.1 Å². The van der Waals surface area contributed by atoms with Crippen LogP contribution in [0, 0.1) is 0 Å². The molecule has 0 aliphatic carbocycles. The maximum absolute atomic E-state index is 3.69. The van der Waals surface area contributed by atoms with Gasteiger partial charge in [-0.1, -0.05) is 19.1 Å². The molecule has 1 nitrogen and oxygen atoms in total. The predicted octanol–water partition coefficient (Wildman–Crippen LogP) is 4.29. The van der Waals surface area contributed by atoms with Crippen LogP contribution in [0.4, 0.5) is 0 Å². The van der Waals surface area contributed by atoms with Crippen molar-refractivity contribution < 1.29 is 0 Å². The van der Waals surface area contributed by atoms with Crippen molar-refractivity contribution in [2.45, 2.75) is 32.4 Å². The van der Waals surface area contributed by atoms with Crippen molar-refractivity contribution >= 4 is 22.7 Å². The lowest BCUT2D eigenvalue weighted by molar-refractivity contribution is 0.496. The highest BCUT2D eigenvalue weighted by atomic mass is 32.1. The zero-order valence-corrected chi connectivity index (χ0v) is 11.3. The Morgan fingerprint density at radius 1 is 1.12 bits per heavy atom. The van der Waals surface area contributed by atoms with Crippen LogP contribution in [-0.2, 0) is 0 Å². The molecule has 0 spiro atoms. The van der Waals surface area contributed by atoms with Gasteiger partial charge in [0.2, 0.25) is 0 Å². The van der Waals surface area contributed by atoms with Crippen LogP contribution in [0.1, 0.15) is 36.1 Å². The van der Waals surface area contributed by atoms with E-state index >= 15 is 0 Å². The van der Waals surface area contributed by atoms with E-state index in [1.165, 1.54) is 9.75 Å². The first-order valence-electron chi connectivity index (χ1n) is 5.64. The Hall–Kier alpha value is -0.640. The summed E-state index contributed by atoms with van der Waals surface area (Å²) in [6.45, 7) is 4.46. The molecule has 2 heterocycles. The summed E-state index contributed by atoms with van der Waals surface area (Å²) in [5.41, 5.74) is 0. The van der Waals surface area contributed by atoms with Gasteiger partial charge in [-0.05, 0) is 36.2 Å². The van der Waals surface area contributed by atoms with Gasteiger partial charge in [0.1, 0.15) is 0 Å². The normalized spacial score (nSPS) is 13.2. The molecular formula is C13H17NS2. The highest BCUT2D eigenvalue weighted by Crippen LogP contribution is 2.29.